The van der Waals surface area contributed by atoms with Crippen molar-refractivity contribution in [3.8, 4) is 0 Å². The Labute approximate surface area is 188 Å². The van der Waals surface area contributed by atoms with Crippen LogP contribution in [0.15, 0.2) is 36.5 Å². The third kappa shape index (κ3) is 3.63. The molecule has 6 rings (SSSR count). The molecule has 1 saturated carbocycles. The molecule has 7 nitrogen and oxygen atoms in total. The Morgan fingerprint density at radius 2 is 2.00 bits per heavy atom. The van der Waals surface area contributed by atoms with Gasteiger partial charge in [-0.3, -0.25) is 4.79 Å². The number of hydrogen-bond acceptors (Lipinski definition) is 6. The summed E-state index contributed by atoms with van der Waals surface area (Å²) in [5.41, 5.74) is 4.06. The van der Waals surface area contributed by atoms with Gasteiger partial charge in [-0.15, -0.1) is 0 Å². The first kappa shape index (κ1) is 20.0. The van der Waals surface area contributed by atoms with E-state index in [1.807, 2.05) is 11.0 Å². The monoisotopic (exact) mass is 434 g/mol. The molecule has 3 fully saturated rings. The molecule has 1 aromatic heterocycles. The highest BCUT2D eigenvalue weighted by molar-refractivity contribution is 6.00. The minimum absolute atomic E-state index is 0.0519. The molecular weight excluding hydrogens is 404 g/mol. The van der Waals surface area contributed by atoms with E-state index in [1.165, 1.54) is 0 Å². The Hall–Kier alpha value is -2.64. The van der Waals surface area contributed by atoms with Crippen molar-refractivity contribution in [2.45, 2.75) is 38.3 Å². The highest BCUT2D eigenvalue weighted by Crippen LogP contribution is 2.42. The van der Waals surface area contributed by atoms with Crippen LogP contribution in [-0.4, -0.2) is 49.9 Å². The molecular formula is C25H30N4O3. The van der Waals surface area contributed by atoms with Crippen LogP contribution in [0.5, 0.6) is 0 Å². The van der Waals surface area contributed by atoms with Gasteiger partial charge >= 0.3 is 0 Å². The Balaban J connectivity index is 1.35. The van der Waals surface area contributed by atoms with Gasteiger partial charge in [0.05, 0.1) is 37.2 Å². The predicted molar refractivity (Wildman–Crippen MR) is 123 cm³/mol. The van der Waals surface area contributed by atoms with Crippen LogP contribution in [0.3, 0.4) is 0 Å². The average Bonchev–Trinajstić information content (AvgIpc) is 3.25. The average molecular weight is 435 g/mol. The number of carbonyl (C=O) groups is 1. The number of rotatable bonds is 2. The summed E-state index contributed by atoms with van der Waals surface area (Å²) in [6.07, 6.45) is 6.07. The lowest BCUT2D eigenvalue weighted by atomic mass is 9.78. The number of ether oxygens (including phenoxy) is 2. The number of nitrogens with one attached hydrogen (secondary N) is 1. The molecule has 4 heterocycles. The minimum atomic E-state index is 0.0519. The number of aromatic nitrogens is 1. The van der Waals surface area contributed by atoms with E-state index in [0.717, 1.165) is 87.0 Å². The summed E-state index contributed by atoms with van der Waals surface area (Å²) in [5.74, 6) is 1.64. The molecule has 1 aromatic carbocycles. The van der Waals surface area contributed by atoms with Crippen molar-refractivity contribution in [2.75, 3.05) is 48.0 Å². The standard InChI is InChI=1S/C25H30N4O3/c30-25(18-3-6-23-17(14-18)7-11-32-23)29-16-19-2-1-8-26-24(19)27-21-5-4-20(15-22(21)29)28-9-12-31-13-10-28/h1-2,4-5,8,15,17-18,23H,3,6-7,9-14,16H2,(H,26,27)/t17-,18-,23+/m1/s1. The molecule has 1 aliphatic carbocycles. The Bertz CT molecular complexity index is 1010. The summed E-state index contributed by atoms with van der Waals surface area (Å²) in [4.78, 5) is 22.8. The molecule has 1 amide bonds. The molecule has 4 aliphatic rings. The van der Waals surface area contributed by atoms with Gasteiger partial charge in [0.15, 0.2) is 0 Å². The number of nitrogens with zero attached hydrogens (tertiary/aromatic N) is 3. The topological polar surface area (TPSA) is 66.9 Å². The zero-order valence-corrected chi connectivity index (χ0v) is 18.3. The van der Waals surface area contributed by atoms with E-state index < -0.39 is 0 Å². The van der Waals surface area contributed by atoms with E-state index in [9.17, 15) is 4.79 Å². The van der Waals surface area contributed by atoms with Crippen molar-refractivity contribution in [3.05, 3.63) is 42.1 Å². The van der Waals surface area contributed by atoms with Crippen LogP contribution in [0, 0.1) is 11.8 Å². The predicted octanol–water partition coefficient (Wildman–Crippen LogP) is 3.71. The number of hydrogen-bond donors (Lipinski definition) is 1. The van der Waals surface area contributed by atoms with Crippen LogP contribution < -0.4 is 15.1 Å². The highest BCUT2D eigenvalue weighted by atomic mass is 16.5. The first-order valence-corrected chi connectivity index (χ1v) is 11.9. The van der Waals surface area contributed by atoms with Gasteiger partial charge in [0.1, 0.15) is 5.82 Å². The summed E-state index contributed by atoms with van der Waals surface area (Å²) in [6, 6.07) is 10.4. The third-order valence-corrected chi connectivity index (χ3v) is 7.47. The van der Waals surface area contributed by atoms with Gasteiger partial charge in [0, 0.05) is 43.1 Å². The molecule has 1 N–H and O–H groups in total. The molecule has 0 spiro atoms. The fourth-order valence-corrected chi connectivity index (χ4v) is 5.70. The largest absolute Gasteiger partial charge is 0.378 e. The summed E-state index contributed by atoms with van der Waals surface area (Å²) in [7, 11) is 0. The van der Waals surface area contributed by atoms with Crippen LogP contribution >= 0.6 is 0 Å². The Morgan fingerprint density at radius 1 is 1.09 bits per heavy atom. The lowest BCUT2D eigenvalue weighted by Gasteiger charge is -2.34. The second-order valence-corrected chi connectivity index (χ2v) is 9.33. The van der Waals surface area contributed by atoms with Crippen molar-refractivity contribution < 1.29 is 14.3 Å². The second-order valence-electron chi connectivity index (χ2n) is 9.33. The van der Waals surface area contributed by atoms with Crippen LogP contribution in [0.2, 0.25) is 0 Å². The van der Waals surface area contributed by atoms with Gasteiger partial charge in [0.25, 0.3) is 0 Å². The molecule has 2 saturated heterocycles. The third-order valence-electron chi connectivity index (χ3n) is 7.47. The maximum absolute atomic E-state index is 14.0. The lowest BCUT2D eigenvalue weighted by Crippen LogP contribution is -2.40. The molecule has 168 valence electrons. The molecule has 7 heteroatoms. The van der Waals surface area contributed by atoms with E-state index in [-0.39, 0.29) is 11.8 Å². The van der Waals surface area contributed by atoms with Gasteiger partial charge < -0.3 is 24.6 Å². The van der Waals surface area contributed by atoms with E-state index >= 15 is 0 Å². The fourth-order valence-electron chi connectivity index (χ4n) is 5.70. The quantitative estimate of drug-likeness (QED) is 0.777. The fraction of sp³-hybridized carbons (Fsp3) is 0.520. The summed E-state index contributed by atoms with van der Waals surface area (Å²) in [5, 5.41) is 3.49. The Kier molecular flexibility index (Phi) is 5.23. The first-order chi connectivity index (χ1) is 15.8. The molecule has 32 heavy (non-hydrogen) atoms. The van der Waals surface area contributed by atoms with Gasteiger partial charge in [-0.1, -0.05) is 6.07 Å². The zero-order valence-electron chi connectivity index (χ0n) is 18.3. The van der Waals surface area contributed by atoms with Crippen molar-refractivity contribution in [1.82, 2.24) is 4.98 Å². The zero-order chi connectivity index (χ0) is 21.5. The van der Waals surface area contributed by atoms with E-state index in [0.29, 0.717) is 18.6 Å². The van der Waals surface area contributed by atoms with Crippen molar-refractivity contribution in [3.63, 3.8) is 0 Å². The number of anilines is 4. The molecule has 3 atom stereocenters. The van der Waals surface area contributed by atoms with Crippen molar-refractivity contribution in [1.29, 1.82) is 0 Å². The molecule has 2 aromatic rings. The summed E-state index contributed by atoms with van der Waals surface area (Å²) >= 11 is 0. The van der Waals surface area contributed by atoms with E-state index in [4.69, 9.17) is 9.47 Å². The van der Waals surface area contributed by atoms with E-state index in [2.05, 4.69) is 39.5 Å². The minimum Gasteiger partial charge on any atom is -0.378 e. The lowest BCUT2D eigenvalue weighted by molar-refractivity contribution is -0.124. The van der Waals surface area contributed by atoms with Gasteiger partial charge in [0.2, 0.25) is 5.91 Å². The molecule has 3 aliphatic heterocycles. The van der Waals surface area contributed by atoms with Crippen LogP contribution in [0.4, 0.5) is 22.9 Å². The number of benzene rings is 1. The van der Waals surface area contributed by atoms with Crippen LogP contribution in [0.1, 0.15) is 31.2 Å². The number of morpholine rings is 1. The van der Waals surface area contributed by atoms with Crippen molar-refractivity contribution in [2.24, 2.45) is 11.8 Å². The number of pyridine rings is 1. The number of amides is 1. The smallest absolute Gasteiger partial charge is 0.230 e. The first-order valence-electron chi connectivity index (χ1n) is 11.9. The van der Waals surface area contributed by atoms with Gasteiger partial charge in [-0.05, 0) is 55.9 Å². The Morgan fingerprint density at radius 3 is 2.91 bits per heavy atom. The molecule has 0 radical (unpaired) electrons. The van der Waals surface area contributed by atoms with E-state index in [1.54, 1.807) is 6.20 Å². The highest BCUT2D eigenvalue weighted by Gasteiger charge is 2.39. The molecule has 0 unspecified atom stereocenters. The normalized spacial score (nSPS) is 27.1. The van der Waals surface area contributed by atoms with Gasteiger partial charge in [-0.25, -0.2) is 4.98 Å². The second kappa shape index (κ2) is 8.37. The SMILES string of the molecule is O=C([C@@H]1CC[C@@H]2OCC[C@@H]2C1)N1Cc2cccnc2Nc2ccc(N3CCOCC3)cc21. The van der Waals surface area contributed by atoms with Crippen molar-refractivity contribution >= 4 is 28.8 Å². The summed E-state index contributed by atoms with van der Waals surface area (Å²) in [6.45, 7) is 4.59. The number of fused-ring (bicyclic) bond motifs is 3. The number of carbonyl (C=O) groups excluding carboxylic acids is 1. The maximum atomic E-state index is 14.0. The van der Waals surface area contributed by atoms with Crippen LogP contribution in [-0.2, 0) is 20.8 Å². The summed E-state index contributed by atoms with van der Waals surface area (Å²) < 4.78 is 11.4. The molecule has 0 bridgehead atoms. The van der Waals surface area contributed by atoms with Crippen LogP contribution in [0.25, 0.3) is 0 Å². The van der Waals surface area contributed by atoms with Gasteiger partial charge in [-0.2, -0.15) is 0 Å². The maximum Gasteiger partial charge on any atom is 0.230 e.